The van der Waals surface area contributed by atoms with E-state index in [9.17, 15) is 13.6 Å². The van der Waals surface area contributed by atoms with Crippen molar-refractivity contribution in [3.63, 3.8) is 0 Å². The zero-order chi connectivity index (χ0) is 15.2. The molecule has 0 unspecified atom stereocenters. The van der Waals surface area contributed by atoms with E-state index in [1.54, 1.807) is 0 Å². The van der Waals surface area contributed by atoms with E-state index < -0.39 is 6.61 Å². The van der Waals surface area contributed by atoms with Crippen LogP contribution in [0.15, 0.2) is 48.5 Å². The molecule has 110 valence electrons. The molecular weight excluding hydrogens is 276 g/mol. The van der Waals surface area contributed by atoms with E-state index in [4.69, 9.17) is 0 Å². The van der Waals surface area contributed by atoms with Crippen LogP contribution in [0.1, 0.15) is 22.8 Å². The molecule has 0 heterocycles. The number of hydrogen-bond donors (Lipinski definition) is 1. The number of anilines is 1. The fourth-order valence-electron chi connectivity index (χ4n) is 1.93. The molecule has 2 aromatic carbocycles. The first-order valence-corrected chi connectivity index (χ1v) is 6.54. The van der Waals surface area contributed by atoms with Crippen LogP contribution in [-0.4, -0.2) is 12.5 Å². The number of nitrogens with one attached hydrogen (secondary N) is 1. The molecular formula is C16H15F2NO2. The van der Waals surface area contributed by atoms with Crippen molar-refractivity contribution in [2.24, 2.45) is 0 Å². The molecule has 0 saturated heterocycles. The molecule has 5 heteroatoms. The molecule has 1 N–H and O–H groups in total. The van der Waals surface area contributed by atoms with Crippen molar-refractivity contribution in [3.05, 3.63) is 59.7 Å². The van der Waals surface area contributed by atoms with Crippen molar-refractivity contribution in [1.82, 2.24) is 0 Å². The van der Waals surface area contributed by atoms with Gasteiger partial charge in [-0.25, -0.2) is 0 Å². The number of alkyl halides is 2. The summed E-state index contributed by atoms with van der Waals surface area (Å²) in [5.41, 5.74) is 2.16. The van der Waals surface area contributed by atoms with Gasteiger partial charge in [0.05, 0.1) is 0 Å². The first-order chi connectivity index (χ1) is 10.1. The summed E-state index contributed by atoms with van der Waals surface area (Å²) in [7, 11) is 0. The second-order valence-corrected chi connectivity index (χ2v) is 4.37. The molecule has 0 aliphatic heterocycles. The number of rotatable bonds is 5. The van der Waals surface area contributed by atoms with Gasteiger partial charge in [-0.2, -0.15) is 8.78 Å². The summed E-state index contributed by atoms with van der Waals surface area (Å²) < 4.78 is 28.3. The Kier molecular flexibility index (Phi) is 4.87. The second-order valence-electron chi connectivity index (χ2n) is 4.37. The fraction of sp³-hybridized carbons (Fsp3) is 0.188. The smallest absolute Gasteiger partial charge is 0.387 e. The van der Waals surface area contributed by atoms with Crippen molar-refractivity contribution < 1.29 is 18.3 Å². The van der Waals surface area contributed by atoms with Gasteiger partial charge in [-0.1, -0.05) is 25.1 Å². The maximum atomic E-state index is 12.1. The summed E-state index contributed by atoms with van der Waals surface area (Å²) in [6, 6.07) is 13.1. The summed E-state index contributed by atoms with van der Waals surface area (Å²) in [6.07, 6.45) is 0.803. The molecule has 0 fully saturated rings. The zero-order valence-corrected chi connectivity index (χ0v) is 11.5. The lowest BCUT2D eigenvalue weighted by molar-refractivity contribution is -0.0498. The number of benzene rings is 2. The topological polar surface area (TPSA) is 38.3 Å². The molecule has 0 saturated carbocycles. The van der Waals surface area contributed by atoms with Crippen LogP contribution >= 0.6 is 0 Å². The molecule has 0 radical (unpaired) electrons. The van der Waals surface area contributed by atoms with Crippen molar-refractivity contribution in [2.45, 2.75) is 20.0 Å². The van der Waals surface area contributed by atoms with Gasteiger partial charge in [0.25, 0.3) is 5.91 Å². The maximum Gasteiger partial charge on any atom is 0.387 e. The molecule has 21 heavy (non-hydrogen) atoms. The largest absolute Gasteiger partial charge is 0.435 e. The minimum absolute atomic E-state index is 0.0236. The van der Waals surface area contributed by atoms with E-state index in [0.29, 0.717) is 5.56 Å². The molecule has 1 amide bonds. The Morgan fingerprint density at radius 3 is 2.43 bits per heavy atom. The van der Waals surface area contributed by atoms with E-state index in [1.165, 1.54) is 24.3 Å². The Hall–Kier alpha value is -2.43. The Balaban J connectivity index is 2.09. The van der Waals surface area contributed by atoms with Crippen molar-refractivity contribution >= 4 is 11.6 Å². The molecule has 0 atom stereocenters. The second kappa shape index (κ2) is 6.83. The van der Waals surface area contributed by atoms with Crippen LogP contribution in [-0.2, 0) is 6.42 Å². The highest BCUT2D eigenvalue weighted by atomic mass is 19.3. The van der Waals surface area contributed by atoms with Crippen LogP contribution in [0, 0.1) is 0 Å². The molecule has 0 bridgehead atoms. The van der Waals surface area contributed by atoms with E-state index in [-0.39, 0.29) is 11.7 Å². The number of amides is 1. The van der Waals surface area contributed by atoms with Gasteiger partial charge < -0.3 is 10.1 Å². The van der Waals surface area contributed by atoms with Crippen molar-refractivity contribution in [3.8, 4) is 5.75 Å². The fourth-order valence-corrected chi connectivity index (χ4v) is 1.93. The van der Waals surface area contributed by atoms with Gasteiger partial charge >= 0.3 is 6.61 Å². The third kappa shape index (κ3) is 4.02. The van der Waals surface area contributed by atoms with Gasteiger partial charge in [0.1, 0.15) is 5.75 Å². The third-order valence-corrected chi connectivity index (χ3v) is 2.99. The summed E-state index contributed by atoms with van der Waals surface area (Å²) >= 11 is 0. The number of halogens is 2. The predicted molar refractivity (Wildman–Crippen MR) is 76.8 cm³/mol. The average molecular weight is 291 g/mol. The lowest BCUT2D eigenvalue weighted by Gasteiger charge is -2.10. The normalized spacial score (nSPS) is 10.5. The number of carbonyl (C=O) groups excluding carboxylic acids is 1. The summed E-state index contributed by atoms with van der Waals surface area (Å²) in [4.78, 5) is 12.1. The summed E-state index contributed by atoms with van der Waals surface area (Å²) in [5, 5.41) is 2.81. The predicted octanol–water partition coefficient (Wildman–Crippen LogP) is 4.10. The van der Waals surface area contributed by atoms with Gasteiger partial charge in [-0.05, 0) is 42.3 Å². The quantitative estimate of drug-likeness (QED) is 0.900. The Morgan fingerprint density at radius 1 is 1.14 bits per heavy atom. The summed E-state index contributed by atoms with van der Waals surface area (Å²) in [5.74, 6) is -0.269. The standard InChI is InChI=1S/C16H15F2NO2/c1-2-11-5-3-4-6-14(11)19-15(20)12-7-9-13(10-8-12)21-16(17)18/h3-10,16H,2H2,1H3,(H,19,20). The van der Waals surface area contributed by atoms with Gasteiger partial charge in [0.15, 0.2) is 0 Å². The van der Waals surface area contributed by atoms with Gasteiger partial charge in [0.2, 0.25) is 0 Å². The molecule has 0 aliphatic carbocycles. The first kappa shape index (κ1) is 15.0. The average Bonchev–Trinajstić information content (AvgIpc) is 2.48. The highest BCUT2D eigenvalue weighted by Gasteiger charge is 2.09. The molecule has 3 nitrogen and oxygen atoms in total. The lowest BCUT2D eigenvalue weighted by atomic mass is 10.1. The number of carbonyl (C=O) groups is 1. The number of ether oxygens (including phenoxy) is 1. The highest BCUT2D eigenvalue weighted by Crippen LogP contribution is 2.18. The van der Waals surface area contributed by atoms with Crippen LogP contribution in [0.2, 0.25) is 0 Å². The highest BCUT2D eigenvalue weighted by molar-refractivity contribution is 6.04. The van der Waals surface area contributed by atoms with E-state index in [2.05, 4.69) is 10.1 Å². The Bertz CT molecular complexity index is 612. The molecule has 0 aromatic heterocycles. The SMILES string of the molecule is CCc1ccccc1NC(=O)c1ccc(OC(F)F)cc1. The minimum atomic E-state index is -2.87. The van der Waals surface area contributed by atoms with E-state index >= 15 is 0 Å². The van der Waals surface area contributed by atoms with Crippen LogP contribution in [0.4, 0.5) is 14.5 Å². The maximum absolute atomic E-state index is 12.1. The first-order valence-electron chi connectivity index (χ1n) is 6.54. The van der Waals surface area contributed by atoms with E-state index in [1.807, 2.05) is 31.2 Å². The number of hydrogen-bond acceptors (Lipinski definition) is 2. The van der Waals surface area contributed by atoms with Crippen molar-refractivity contribution in [1.29, 1.82) is 0 Å². The molecule has 2 aromatic rings. The van der Waals surface area contributed by atoms with Gasteiger partial charge in [-0.15, -0.1) is 0 Å². The monoisotopic (exact) mass is 291 g/mol. The van der Waals surface area contributed by atoms with Gasteiger partial charge in [0, 0.05) is 11.3 Å². The molecule has 0 aliphatic rings. The van der Waals surface area contributed by atoms with Crippen molar-refractivity contribution in [2.75, 3.05) is 5.32 Å². The Morgan fingerprint density at radius 2 is 1.81 bits per heavy atom. The number of para-hydroxylation sites is 1. The minimum Gasteiger partial charge on any atom is -0.435 e. The van der Waals surface area contributed by atoms with Crippen LogP contribution in [0.25, 0.3) is 0 Å². The summed E-state index contributed by atoms with van der Waals surface area (Å²) in [6.45, 7) is -0.873. The molecule has 2 rings (SSSR count). The number of aryl methyl sites for hydroxylation is 1. The molecule has 0 spiro atoms. The Labute approximate surface area is 121 Å². The van der Waals surface area contributed by atoms with Gasteiger partial charge in [-0.3, -0.25) is 4.79 Å². The van der Waals surface area contributed by atoms with Crippen LogP contribution in [0.5, 0.6) is 5.75 Å². The lowest BCUT2D eigenvalue weighted by Crippen LogP contribution is -2.13. The zero-order valence-electron chi connectivity index (χ0n) is 11.5. The van der Waals surface area contributed by atoms with Crippen LogP contribution < -0.4 is 10.1 Å². The van der Waals surface area contributed by atoms with E-state index in [0.717, 1.165) is 17.7 Å². The third-order valence-electron chi connectivity index (χ3n) is 2.99. The van der Waals surface area contributed by atoms with Crippen LogP contribution in [0.3, 0.4) is 0 Å².